The van der Waals surface area contributed by atoms with E-state index in [-0.39, 0.29) is 5.91 Å². The van der Waals surface area contributed by atoms with Gasteiger partial charge in [0.2, 0.25) is 0 Å². The highest BCUT2D eigenvalue weighted by Crippen LogP contribution is 2.34. The standard InChI is InChI=1S/C22H24N4O/c1-16-19(15-26-13-5-6-14-26)21(20(24-16)17-7-3-2-4-8-17)25-22(27)18-9-11-23-12-10-18/h2-4,7-12,24H,5-6,13-15H2,1H3,(H,25,27). The van der Waals surface area contributed by atoms with Crippen LogP contribution >= 0.6 is 0 Å². The number of likely N-dealkylation sites (tertiary alicyclic amines) is 1. The molecule has 138 valence electrons. The molecular formula is C22H24N4O. The summed E-state index contributed by atoms with van der Waals surface area (Å²) in [5, 5.41) is 3.16. The van der Waals surface area contributed by atoms with Gasteiger partial charge in [-0.25, -0.2) is 0 Å². The molecule has 0 spiro atoms. The second kappa shape index (κ2) is 7.76. The second-order valence-corrected chi connectivity index (χ2v) is 7.02. The first-order chi connectivity index (χ1) is 13.2. The van der Waals surface area contributed by atoms with Gasteiger partial charge in [-0.2, -0.15) is 0 Å². The third-order valence-electron chi connectivity index (χ3n) is 5.14. The highest BCUT2D eigenvalue weighted by Gasteiger charge is 2.22. The van der Waals surface area contributed by atoms with Crippen molar-refractivity contribution in [2.45, 2.75) is 26.3 Å². The molecule has 1 amide bonds. The van der Waals surface area contributed by atoms with Crippen LogP contribution in [0.4, 0.5) is 5.69 Å². The third-order valence-corrected chi connectivity index (χ3v) is 5.14. The minimum Gasteiger partial charge on any atom is -0.357 e. The van der Waals surface area contributed by atoms with Gasteiger partial charge in [0.25, 0.3) is 5.91 Å². The van der Waals surface area contributed by atoms with E-state index >= 15 is 0 Å². The van der Waals surface area contributed by atoms with E-state index in [1.54, 1.807) is 24.5 Å². The number of carbonyl (C=O) groups is 1. The summed E-state index contributed by atoms with van der Waals surface area (Å²) in [5.41, 5.74) is 5.79. The fraction of sp³-hybridized carbons (Fsp3) is 0.273. The Morgan fingerprint density at radius 3 is 2.52 bits per heavy atom. The van der Waals surface area contributed by atoms with Crippen LogP contribution in [0.5, 0.6) is 0 Å². The minimum absolute atomic E-state index is 0.115. The summed E-state index contributed by atoms with van der Waals surface area (Å²) < 4.78 is 0. The first-order valence-electron chi connectivity index (χ1n) is 9.43. The van der Waals surface area contributed by atoms with Crippen LogP contribution in [-0.4, -0.2) is 33.9 Å². The zero-order valence-corrected chi connectivity index (χ0v) is 15.5. The van der Waals surface area contributed by atoms with Gasteiger partial charge in [0.15, 0.2) is 0 Å². The SMILES string of the molecule is Cc1[nH]c(-c2ccccc2)c(NC(=O)c2ccncc2)c1CN1CCCC1. The monoisotopic (exact) mass is 360 g/mol. The number of aryl methyl sites for hydroxylation is 1. The number of carbonyl (C=O) groups excluding carboxylic acids is 1. The number of amides is 1. The number of anilines is 1. The molecule has 1 saturated heterocycles. The lowest BCUT2D eigenvalue weighted by Crippen LogP contribution is -2.20. The quantitative estimate of drug-likeness (QED) is 0.716. The molecular weight excluding hydrogens is 336 g/mol. The van der Waals surface area contributed by atoms with Gasteiger partial charge in [0.1, 0.15) is 0 Å². The molecule has 1 aromatic carbocycles. The van der Waals surface area contributed by atoms with E-state index in [0.717, 1.165) is 47.8 Å². The van der Waals surface area contributed by atoms with Crippen LogP contribution in [0.2, 0.25) is 0 Å². The van der Waals surface area contributed by atoms with Crippen molar-refractivity contribution >= 4 is 11.6 Å². The number of benzene rings is 1. The van der Waals surface area contributed by atoms with Gasteiger partial charge in [-0.3, -0.25) is 14.7 Å². The van der Waals surface area contributed by atoms with Crippen molar-refractivity contribution < 1.29 is 4.79 Å². The Labute approximate surface area is 159 Å². The summed E-state index contributed by atoms with van der Waals surface area (Å²) in [6.45, 7) is 5.16. The van der Waals surface area contributed by atoms with Gasteiger partial charge in [0, 0.05) is 41.3 Å². The number of H-pyrrole nitrogens is 1. The Kier molecular flexibility index (Phi) is 5.03. The predicted molar refractivity (Wildman–Crippen MR) is 108 cm³/mol. The normalized spacial score (nSPS) is 14.4. The van der Waals surface area contributed by atoms with E-state index in [2.05, 4.69) is 39.2 Å². The van der Waals surface area contributed by atoms with Crippen LogP contribution in [0.25, 0.3) is 11.3 Å². The molecule has 1 aliphatic rings. The number of rotatable bonds is 5. The lowest BCUT2D eigenvalue weighted by Gasteiger charge is -2.17. The van der Waals surface area contributed by atoms with E-state index in [0.29, 0.717) is 5.56 Å². The number of nitrogens with zero attached hydrogens (tertiary/aromatic N) is 2. The van der Waals surface area contributed by atoms with Crippen LogP contribution in [0.3, 0.4) is 0 Å². The summed E-state index contributed by atoms with van der Waals surface area (Å²) in [7, 11) is 0. The van der Waals surface area contributed by atoms with Crippen LogP contribution in [0, 0.1) is 6.92 Å². The molecule has 0 unspecified atom stereocenters. The minimum atomic E-state index is -0.115. The van der Waals surface area contributed by atoms with Crippen molar-refractivity contribution in [1.82, 2.24) is 14.9 Å². The molecule has 0 bridgehead atoms. The second-order valence-electron chi connectivity index (χ2n) is 7.02. The van der Waals surface area contributed by atoms with E-state index in [1.165, 1.54) is 12.8 Å². The average Bonchev–Trinajstić information content (AvgIpc) is 3.33. The Bertz CT molecular complexity index is 912. The van der Waals surface area contributed by atoms with E-state index < -0.39 is 0 Å². The van der Waals surface area contributed by atoms with Crippen molar-refractivity contribution in [2.75, 3.05) is 18.4 Å². The third kappa shape index (κ3) is 3.78. The van der Waals surface area contributed by atoms with Crippen LogP contribution in [0.1, 0.15) is 34.5 Å². The Morgan fingerprint density at radius 1 is 1.11 bits per heavy atom. The van der Waals surface area contributed by atoms with Gasteiger partial charge >= 0.3 is 0 Å². The Balaban J connectivity index is 1.72. The summed E-state index contributed by atoms with van der Waals surface area (Å²) in [6, 6.07) is 13.6. The molecule has 0 atom stereocenters. The number of hydrogen-bond acceptors (Lipinski definition) is 3. The lowest BCUT2D eigenvalue weighted by molar-refractivity contribution is 0.102. The van der Waals surface area contributed by atoms with E-state index in [4.69, 9.17) is 0 Å². The highest BCUT2D eigenvalue weighted by molar-refractivity contribution is 6.06. The van der Waals surface area contributed by atoms with Crippen molar-refractivity contribution in [2.24, 2.45) is 0 Å². The average molecular weight is 360 g/mol. The van der Waals surface area contributed by atoms with Crippen molar-refractivity contribution in [3.05, 3.63) is 71.7 Å². The summed E-state index contributed by atoms with van der Waals surface area (Å²) >= 11 is 0. The molecule has 3 heterocycles. The first-order valence-corrected chi connectivity index (χ1v) is 9.43. The molecule has 0 aliphatic carbocycles. The molecule has 27 heavy (non-hydrogen) atoms. The van der Waals surface area contributed by atoms with E-state index in [1.807, 2.05) is 18.2 Å². The first kappa shape index (κ1) is 17.5. The van der Waals surface area contributed by atoms with Gasteiger partial charge < -0.3 is 10.3 Å². The van der Waals surface area contributed by atoms with Crippen LogP contribution in [0.15, 0.2) is 54.9 Å². The molecule has 2 aromatic heterocycles. The van der Waals surface area contributed by atoms with Crippen molar-refractivity contribution in [3.63, 3.8) is 0 Å². The van der Waals surface area contributed by atoms with Crippen molar-refractivity contribution in [1.29, 1.82) is 0 Å². The van der Waals surface area contributed by atoms with Gasteiger partial charge in [0.05, 0.1) is 11.4 Å². The number of aromatic nitrogens is 2. The maximum Gasteiger partial charge on any atom is 0.255 e. The van der Waals surface area contributed by atoms with Gasteiger partial charge in [-0.05, 0) is 45.0 Å². The topological polar surface area (TPSA) is 61.0 Å². The number of hydrogen-bond donors (Lipinski definition) is 2. The molecule has 4 rings (SSSR count). The molecule has 3 aromatic rings. The molecule has 0 saturated carbocycles. The molecule has 2 N–H and O–H groups in total. The van der Waals surface area contributed by atoms with Crippen LogP contribution < -0.4 is 5.32 Å². The number of nitrogens with one attached hydrogen (secondary N) is 2. The number of pyridine rings is 1. The maximum atomic E-state index is 12.8. The van der Waals surface area contributed by atoms with Gasteiger partial charge in [-0.15, -0.1) is 0 Å². The largest absolute Gasteiger partial charge is 0.357 e. The molecule has 1 fully saturated rings. The fourth-order valence-electron chi connectivity index (χ4n) is 3.67. The van der Waals surface area contributed by atoms with Crippen molar-refractivity contribution in [3.8, 4) is 11.3 Å². The zero-order chi connectivity index (χ0) is 18.6. The van der Waals surface area contributed by atoms with Gasteiger partial charge in [-0.1, -0.05) is 30.3 Å². The fourth-order valence-corrected chi connectivity index (χ4v) is 3.67. The Morgan fingerprint density at radius 2 is 1.81 bits per heavy atom. The van der Waals surface area contributed by atoms with Crippen LogP contribution in [-0.2, 0) is 6.54 Å². The smallest absolute Gasteiger partial charge is 0.255 e. The molecule has 5 heteroatoms. The lowest BCUT2D eigenvalue weighted by atomic mass is 10.1. The summed E-state index contributed by atoms with van der Waals surface area (Å²) in [6.07, 6.45) is 5.77. The molecule has 1 aliphatic heterocycles. The molecule has 5 nitrogen and oxygen atoms in total. The predicted octanol–water partition coefficient (Wildman–Crippen LogP) is 4.23. The number of aromatic amines is 1. The van der Waals surface area contributed by atoms with E-state index in [9.17, 15) is 4.79 Å². The Hall–Kier alpha value is -2.92. The molecule has 0 radical (unpaired) electrons. The maximum absolute atomic E-state index is 12.8. The summed E-state index contributed by atoms with van der Waals surface area (Å²) in [5.74, 6) is -0.115. The highest BCUT2D eigenvalue weighted by atomic mass is 16.1. The summed E-state index contributed by atoms with van der Waals surface area (Å²) in [4.78, 5) is 22.8. The zero-order valence-electron chi connectivity index (χ0n) is 15.5.